The van der Waals surface area contributed by atoms with Gasteiger partial charge in [-0.25, -0.2) is 9.78 Å². The number of hydrogen-bond acceptors (Lipinski definition) is 3. The van der Waals surface area contributed by atoms with Crippen LogP contribution in [0.2, 0.25) is 0 Å². The average Bonchev–Trinajstić information content (AvgIpc) is 2.97. The van der Waals surface area contributed by atoms with Crippen LogP contribution in [0.5, 0.6) is 0 Å². The molecule has 5 nitrogen and oxygen atoms in total. The minimum atomic E-state index is -0.123. The van der Waals surface area contributed by atoms with Gasteiger partial charge in [0.1, 0.15) is 5.82 Å². The van der Waals surface area contributed by atoms with Gasteiger partial charge in [0, 0.05) is 32.4 Å². The number of carbonyl (C=O) groups is 1. The highest BCUT2D eigenvalue weighted by molar-refractivity contribution is 5.73. The number of nitrogens with zero attached hydrogens (tertiary/aromatic N) is 2. The molecular weight excluding hydrogens is 252 g/mol. The van der Waals surface area contributed by atoms with Crippen molar-refractivity contribution in [3.05, 3.63) is 23.9 Å². The fraction of sp³-hybridized carbons (Fsp3) is 0.600. The molecule has 1 aromatic heterocycles. The van der Waals surface area contributed by atoms with Crippen LogP contribution in [-0.4, -0.2) is 30.6 Å². The summed E-state index contributed by atoms with van der Waals surface area (Å²) in [5.41, 5.74) is 1.02. The Morgan fingerprint density at radius 3 is 2.65 bits per heavy atom. The second kappa shape index (κ2) is 7.12. The second-order valence-corrected chi connectivity index (χ2v) is 5.68. The van der Waals surface area contributed by atoms with Gasteiger partial charge in [0.05, 0.1) is 0 Å². The van der Waals surface area contributed by atoms with Crippen molar-refractivity contribution in [2.45, 2.75) is 33.2 Å². The van der Waals surface area contributed by atoms with Gasteiger partial charge in [-0.15, -0.1) is 0 Å². The number of carbonyl (C=O) groups excluding carboxylic acids is 1. The topological polar surface area (TPSA) is 57.3 Å². The van der Waals surface area contributed by atoms with E-state index in [-0.39, 0.29) is 6.03 Å². The maximum absolute atomic E-state index is 11.5. The Labute approximate surface area is 120 Å². The van der Waals surface area contributed by atoms with Crippen molar-refractivity contribution in [3.63, 3.8) is 0 Å². The van der Waals surface area contributed by atoms with Crippen molar-refractivity contribution in [2.75, 3.05) is 24.5 Å². The zero-order chi connectivity index (χ0) is 14.4. The average molecular weight is 276 g/mol. The predicted molar refractivity (Wildman–Crippen MR) is 80.8 cm³/mol. The molecular formula is C15H24N4O. The first-order valence-corrected chi connectivity index (χ1v) is 7.36. The van der Waals surface area contributed by atoms with E-state index in [1.807, 2.05) is 18.3 Å². The number of anilines is 1. The van der Waals surface area contributed by atoms with E-state index >= 15 is 0 Å². The molecule has 0 saturated carbocycles. The molecule has 5 heteroatoms. The van der Waals surface area contributed by atoms with E-state index in [0.29, 0.717) is 19.0 Å². The van der Waals surface area contributed by atoms with Crippen LogP contribution >= 0.6 is 0 Å². The van der Waals surface area contributed by atoms with Crippen LogP contribution < -0.4 is 15.5 Å². The highest BCUT2D eigenvalue weighted by Gasteiger charge is 2.12. The summed E-state index contributed by atoms with van der Waals surface area (Å²) in [4.78, 5) is 18.3. The molecule has 0 unspecified atom stereocenters. The first-order chi connectivity index (χ1) is 9.65. The van der Waals surface area contributed by atoms with Gasteiger partial charge in [0.2, 0.25) is 0 Å². The van der Waals surface area contributed by atoms with E-state index < -0.39 is 0 Å². The Morgan fingerprint density at radius 1 is 1.30 bits per heavy atom. The summed E-state index contributed by atoms with van der Waals surface area (Å²) < 4.78 is 0. The Balaban J connectivity index is 1.77. The lowest BCUT2D eigenvalue weighted by Crippen LogP contribution is -2.37. The van der Waals surface area contributed by atoms with Crippen LogP contribution in [-0.2, 0) is 6.54 Å². The summed E-state index contributed by atoms with van der Waals surface area (Å²) in [6.45, 7) is 7.54. The third kappa shape index (κ3) is 4.40. The summed E-state index contributed by atoms with van der Waals surface area (Å²) in [6.07, 6.45) is 4.35. The largest absolute Gasteiger partial charge is 0.357 e. The molecule has 0 aromatic carbocycles. The standard InChI is InChI=1S/C15H24N4O/c1-12(2)9-17-15(20)18-11-13-5-6-14(16-10-13)19-7-3-4-8-19/h5-6,10,12H,3-4,7-9,11H2,1-2H3,(H2,17,18,20). The summed E-state index contributed by atoms with van der Waals surface area (Å²) >= 11 is 0. The van der Waals surface area contributed by atoms with E-state index in [0.717, 1.165) is 24.5 Å². The van der Waals surface area contributed by atoms with Crippen LogP contribution in [0.25, 0.3) is 0 Å². The molecule has 1 aliphatic rings. The van der Waals surface area contributed by atoms with Crippen molar-refractivity contribution >= 4 is 11.8 Å². The van der Waals surface area contributed by atoms with Gasteiger partial charge in [-0.3, -0.25) is 0 Å². The molecule has 2 heterocycles. The molecule has 1 saturated heterocycles. The smallest absolute Gasteiger partial charge is 0.315 e. The SMILES string of the molecule is CC(C)CNC(=O)NCc1ccc(N2CCCC2)nc1. The lowest BCUT2D eigenvalue weighted by atomic mass is 10.2. The lowest BCUT2D eigenvalue weighted by molar-refractivity contribution is 0.239. The molecule has 0 radical (unpaired) electrons. The Bertz CT molecular complexity index is 424. The number of pyridine rings is 1. The summed E-state index contributed by atoms with van der Waals surface area (Å²) in [6, 6.07) is 3.94. The zero-order valence-electron chi connectivity index (χ0n) is 12.4. The molecule has 2 N–H and O–H groups in total. The van der Waals surface area contributed by atoms with Gasteiger partial charge in [-0.05, 0) is 30.4 Å². The highest BCUT2D eigenvalue weighted by Crippen LogP contribution is 2.17. The molecule has 2 amide bonds. The lowest BCUT2D eigenvalue weighted by Gasteiger charge is -2.16. The van der Waals surface area contributed by atoms with Crippen molar-refractivity contribution < 1.29 is 4.79 Å². The minimum Gasteiger partial charge on any atom is -0.357 e. The van der Waals surface area contributed by atoms with Crippen LogP contribution in [0.15, 0.2) is 18.3 Å². The van der Waals surface area contributed by atoms with Gasteiger partial charge < -0.3 is 15.5 Å². The van der Waals surface area contributed by atoms with Crippen LogP contribution in [0.3, 0.4) is 0 Å². The molecule has 0 aliphatic carbocycles. The third-order valence-corrected chi connectivity index (χ3v) is 3.36. The third-order valence-electron chi connectivity index (χ3n) is 3.36. The van der Waals surface area contributed by atoms with Gasteiger partial charge in [0.25, 0.3) is 0 Å². The minimum absolute atomic E-state index is 0.123. The molecule has 0 spiro atoms. The fourth-order valence-corrected chi connectivity index (χ4v) is 2.20. The van der Waals surface area contributed by atoms with Crippen molar-refractivity contribution in [3.8, 4) is 0 Å². The molecule has 2 rings (SSSR count). The fourth-order valence-electron chi connectivity index (χ4n) is 2.20. The van der Waals surface area contributed by atoms with Gasteiger partial charge >= 0.3 is 6.03 Å². The Kier molecular flexibility index (Phi) is 5.21. The Morgan fingerprint density at radius 2 is 2.05 bits per heavy atom. The summed E-state index contributed by atoms with van der Waals surface area (Å²) in [7, 11) is 0. The van der Waals surface area contributed by atoms with E-state index in [4.69, 9.17) is 0 Å². The Hall–Kier alpha value is -1.78. The molecule has 1 fully saturated rings. The van der Waals surface area contributed by atoms with Gasteiger partial charge in [-0.1, -0.05) is 19.9 Å². The summed E-state index contributed by atoms with van der Waals surface area (Å²) in [5.74, 6) is 1.50. The number of rotatable bonds is 5. The first-order valence-electron chi connectivity index (χ1n) is 7.36. The molecule has 0 atom stereocenters. The normalized spacial score (nSPS) is 14.7. The first kappa shape index (κ1) is 14.6. The second-order valence-electron chi connectivity index (χ2n) is 5.68. The summed E-state index contributed by atoms with van der Waals surface area (Å²) in [5, 5.41) is 5.67. The maximum atomic E-state index is 11.5. The maximum Gasteiger partial charge on any atom is 0.315 e. The van der Waals surface area contributed by atoms with Crippen molar-refractivity contribution in [1.82, 2.24) is 15.6 Å². The van der Waals surface area contributed by atoms with E-state index in [1.54, 1.807) is 0 Å². The number of nitrogens with one attached hydrogen (secondary N) is 2. The number of amides is 2. The van der Waals surface area contributed by atoms with E-state index in [2.05, 4.69) is 34.4 Å². The molecule has 1 aromatic rings. The van der Waals surface area contributed by atoms with Crippen molar-refractivity contribution in [2.24, 2.45) is 5.92 Å². The quantitative estimate of drug-likeness (QED) is 0.866. The zero-order valence-corrected chi connectivity index (χ0v) is 12.4. The van der Waals surface area contributed by atoms with E-state index in [9.17, 15) is 4.79 Å². The van der Waals surface area contributed by atoms with E-state index in [1.165, 1.54) is 12.8 Å². The number of aromatic nitrogens is 1. The molecule has 110 valence electrons. The molecule has 20 heavy (non-hydrogen) atoms. The highest BCUT2D eigenvalue weighted by atomic mass is 16.2. The van der Waals surface area contributed by atoms with Crippen LogP contribution in [0, 0.1) is 5.92 Å². The predicted octanol–water partition coefficient (Wildman–Crippen LogP) is 2.14. The molecule has 1 aliphatic heterocycles. The number of urea groups is 1. The van der Waals surface area contributed by atoms with Crippen LogP contribution in [0.1, 0.15) is 32.3 Å². The van der Waals surface area contributed by atoms with Crippen LogP contribution in [0.4, 0.5) is 10.6 Å². The molecule has 0 bridgehead atoms. The van der Waals surface area contributed by atoms with Gasteiger partial charge in [0.15, 0.2) is 0 Å². The van der Waals surface area contributed by atoms with Gasteiger partial charge in [-0.2, -0.15) is 0 Å². The van der Waals surface area contributed by atoms with Crippen molar-refractivity contribution in [1.29, 1.82) is 0 Å². The monoisotopic (exact) mass is 276 g/mol. The number of hydrogen-bond donors (Lipinski definition) is 2.